The van der Waals surface area contributed by atoms with Crippen molar-refractivity contribution in [3.05, 3.63) is 35.4 Å². The van der Waals surface area contributed by atoms with Crippen molar-refractivity contribution in [2.75, 3.05) is 6.61 Å². The smallest absolute Gasteiger partial charge is 0.315 e. The summed E-state index contributed by atoms with van der Waals surface area (Å²) in [7, 11) is 0. The Bertz CT molecular complexity index is 336. The molecular formula is C13H18O2. The Balaban J connectivity index is 2.94. The average Bonchev–Trinajstić information content (AvgIpc) is 2.18. The lowest BCUT2D eigenvalue weighted by molar-refractivity contribution is -0.148. The van der Waals surface area contributed by atoms with E-state index in [0.717, 1.165) is 5.56 Å². The molecule has 0 atom stereocenters. The molecule has 0 fully saturated rings. The van der Waals surface area contributed by atoms with E-state index in [4.69, 9.17) is 4.74 Å². The van der Waals surface area contributed by atoms with Crippen molar-refractivity contribution in [2.24, 2.45) is 0 Å². The summed E-state index contributed by atoms with van der Waals surface area (Å²) in [6.07, 6.45) is 0. The van der Waals surface area contributed by atoms with Gasteiger partial charge in [-0.3, -0.25) is 4.79 Å². The Morgan fingerprint density at radius 3 is 2.27 bits per heavy atom. The van der Waals surface area contributed by atoms with Crippen LogP contribution in [-0.2, 0) is 14.9 Å². The molecule has 0 bridgehead atoms. The van der Waals surface area contributed by atoms with E-state index in [-0.39, 0.29) is 5.97 Å². The second-order valence-corrected chi connectivity index (χ2v) is 4.21. The van der Waals surface area contributed by atoms with Crippen LogP contribution in [0.5, 0.6) is 0 Å². The maximum absolute atomic E-state index is 11.7. The predicted molar refractivity (Wildman–Crippen MR) is 60.8 cm³/mol. The summed E-state index contributed by atoms with van der Waals surface area (Å²) >= 11 is 0. The summed E-state index contributed by atoms with van der Waals surface area (Å²) in [5, 5.41) is 0. The van der Waals surface area contributed by atoms with Crippen molar-refractivity contribution in [3.63, 3.8) is 0 Å². The number of hydrogen-bond acceptors (Lipinski definition) is 2. The summed E-state index contributed by atoms with van der Waals surface area (Å²) in [6.45, 7) is 8.05. The average molecular weight is 206 g/mol. The number of aryl methyl sites for hydroxylation is 1. The van der Waals surface area contributed by atoms with Gasteiger partial charge in [0.2, 0.25) is 0 Å². The predicted octanol–water partition coefficient (Wildman–Crippen LogP) is 2.84. The van der Waals surface area contributed by atoms with Gasteiger partial charge in [0.15, 0.2) is 0 Å². The van der Waals surface area contributed by atoms with Crippen LogP contribution in [0.3, 0.4) is 0 Å². The molecule has 1 rings (SSSR count). The van der Waals surface area contributed by atoms with Gasteiger partial charge in [0.25, 0.3) is 0 Å². The van der Waals surface area contributed by atoms with Gasteiger partial charge in [0, 0.05) is 0 Å². The van der Waals surface area contributed by atoms with Crippen LogP contribution in [0.4, 0.5) is 0 Å². The van der Waals surface area contributed by atoms with E-state index in [2.05, 4.69) is 0 Å². The minimum atomic E-state index is -0.566. The molecule has 0 aromatic heterocycles. The van der Waals surface area contributed by atoms with E-state index in [1.165, 1.54) is 5.56 Å². The number of benzene rings is 1. The van der Waals surface area contributed by atoms with Crippen LogP contribution >= 0.6 is 0 Å². The van der Waals surface area contributed by atoms with Gasteiger partial charge in [-0.1, -0.05) is 29.8 Å². The molecule has 15 heavy (non-hydrogen) atoms. The molecule has 0 radical (unpaired) electrons. The summed E-state index contributed by atoms with van der Waals surface area (Å²) < 4.78 is 5.05. The fraction of sp³-hybridized carbons (Fsp3) is 0.462. The lowest BCUT2D eigenvalue weighted by Crippen LogP contribution is -2.31. The lowest BCUT2D eigenvalue weighted by Gasteiger charge is -2.22. The minimum Gasteiger partial charge on any atom is -0.465 e. The van der Waals surface area contributed by atoms with Crippen molar-refractivity contribution in [1.82, 2.24) is 0 Å². The van der Waals surface area contributed by atoms with Crippen LogP contribution in [0.25, 0.3) is 0 Å². The van der Waals surface area contributed by atoms with Gasteiger partial charge in [-0.2, -0.15) is 0 Å². The molecule has 0 spiro atoms. The normalized spacial score (nSPS) is 11.2. The van der Waals surface area contributed by atoms with Crippen LogP contribution in [-0.4, -0.2) is 12.6 Å². The summed E-state index contributed by atoms with van der Waals surface area (Å²) in [5.74, 6) is -0.172. The first-order valence-electron chi connectivity index (χ1n) is 5.23. The molecule has 1 aromatic carbocycles. The van der Waals surface area contributed by atoms with Gasteiger partial charge in [0.1, 0.15) is 0 Å². The van der Waals surface area contributed by atoms with Gasteiger partial charge in [-0.05, 0) is 33.3 Å². The van der Waals surface area contributed by atoms with Gasteiger partial charge in [-0.15, -0.1) is 0 Å². The molecule has 0 aliphatic heterocycles. The molecule has 2 heteroatoms. The number of esters is 1. The zero-order chi connectivity index (χ0) is 11.5. The second kappa shape index (κ2) is 4.47. The largest absolute Gasteiger partial charge is 0.465 e. The fourth-order valence-corrected chi connectivity index (χ4v) is 1.40. The molecule has 2 nitrogen and oxygen atoms in total. The summed E-state index contributed by atoms with van der Waals surface area (Å²) in [6, 6.07) is 7.98. The molecular weight excluding hydrogens is 188 g/mol. The Hall–Kier alpha value is -1.31. The van der Waals surface area contributed by atoms with E-state index < -0.39 is 5.41 Å². The van der Waals surface area contributed by atoms with Gasteiger partial charge in [-0.25, -0.2) is 0 Å². The highest BCUT2D eigenvalue weighted by molar-refractivity contribution is 5.82. The number of hydrogen-bond donors (Lipinski definition) is 0. The molecule has 82 valence electrons. The number of rotatable bonds is 3. The molecule has 0 heterocycles. The van der Waals surface area contributed by atoms with Crippen LogP contribution < -0.4 is 0 Å². The van der Waals surface area contributed by atoms with Crippen LogP contribution in [0.1, 0.15) is 31.9 Å². The first-order chi connectivity index (χ1) is 6.98. The number of ether oxygens (including phenoxy) is 1. The highest BCUT2D eigenvalue weighted by Crippen LogP contribution is 2.24. The van der Waals surface area contributed by atoms with Crippen molar-refractivity contribution in [3.8, 4) is 0 Å². The standard InChI is InChI=1S/C13H18O2/c1-5-15-12(14)13(3,4)11-8-6-10(2)7-9-11/h6-9H,5H2,1-4H3. The zero-order valence-electron chi connectivity index (χ0n) is 9.83. The summed E-state index contributed by atoms with van der Waals surface area (Å²) in [4.78, 5) is 11.7. The number of carbonyl (C=O) groups excluding carboxylic acids is 1. The van der Waals surface area contributed by atoms with E-state index in [1.807, 2.05) is 52.0 Å². The van der Waals surface area contributed by atoms with E-state index in [1.54, 1.807) is 0 Å². The molecule has 0 amide bonds. The third-order valence-corrected chi connectivity index (χ3v) is 2.56. The monoisotopic (exact) mass is 206 g/mol. The minimum absolute atomic E-state index is 0.172. The SMILES string of the molecule is CCOC(=O)C(C)(C)c1ccc(C)cc1. The van der Waals surface area contributed by atoms with E-state index in [9.17, 15) is 4.79 Å². The maximum Gasteiger partial charge on any atom is 0.315 e. The third kappa shape index (κ3) is 2.58. The van der Waals surface area contributed by atoms with E-state index >= 15 is 0 Å². The first-order valence-corrected chi connectivity index (χ1v) is 5.23. The molecule has 0 N–H and O–H groups in total. The molecule has 1 aromatic rings. The first kappa shape index (κ1) is 11.8. The van der Waals surface area contributed by atoms with Crippen LogP contribution in [0.2, 0.25) is 0 Å². The Labute approximate surface area is 91.3 Å². The third-order valence-electron chi connectivity index (χ3n) is 2.56. The van der Waals surface area contributed by atoms with Gasteiger partial charge >= 0.3 is 5.97 Å². The Morgan fingerprint density at radius 2 is 1.80 bits per heavy atom. The highest BCUT2D eigenvalue weighted by atomic mass is 16.5. The van der Waals surface area contributed by atoms with Crippen molar-refractivity contribution in [1.29, 1.82) is 0 Å². The maximum atomic E-state index is 11.7. The number of carbonyl (C=O) groups is 1. The molecule has 0 saturated heterocycles. The molecule has 0 saturated carbocycles. The Kier molecular flexibility index (Phi) is 3.51. The molecule has 0 aliphatic rings. The van der Waals surface area contributed by atoms with Gasteiger partial charge in [0.05, 0.1) is 12.0 Å². The van der Waals surface area contributed by atoms with Crippen LogP contribution in [0, 0.1) is 6.92 Å². The highest BCUT2D eigenvalue weighted by Gasteiger charge is 2.30. The Morgan fingerprint density at radius 1 is 1.27 bits per heavy atom. The molecule has 0 unspecified atom stereocenters. The van der Waals surface area contributed by atoms with Crippen molar-refractivity contribution < 1.29 is 9.53 Å². The van der Waals surface area contributed by atoms with Crippen molar-refractivity contribution in [2.45, 2.75) is 33.1 Å². The zero-order valence-corrected chi connectivity index (χ0v) is 9.83. The second-order valence-electron chi connectivity index (χ2n) is 4.21. The summed E-state index contributed by atoms with van der Waals surface area (Å²) in [5.41, 5.74) is 1.62. The quantitative estimate of drug-likeness (QED) is 0.711. The topological polar surface area (TPSA) is 26.3 Å². The van der Waals surface area contributed by atoms with Gasteiger partial charge < -0.3 is 4.74 Å². The fourth-order valence-electron chi connectivity index (χ4n) is 1.40. The van der Waals surface area contributed by atoms with E-state index in [0.29, 0.717) is 6.61 Å². The van der Waals surface area contributed by atoms with Crippen LogP contribution in [0.15, 0.2) is 24.3 Å². The van der Waals surface area contributed by atoms with Crippen molar-refractivity contribution >= 4 is 5.97 Å². The molecule has 0 aliphatic carbocycles. The lowest BCUT2D eigenvalue weighted by atomic mass is 9.84.